The lowest BCUT2D eigenvalue weighted by Gasteiger charge is -2.13. The quantitative estimate of drug-likeness (QED) is 0.508. The van der Waals surface area contributed by atoms with Gasteiger partial charge in [0, 0.05) is 0 Å². The van der Waals surface area contributed by atoms with E-state index >= 15 is 0 Å². The Balaban J connectivity index is 2.18. The Bertz CT molecular complexity index is 695. The molecule has 0 spiro atoms. The van der Waals surface area contributed by atoms with Gasteiger partial charge >= 0.3 is 5.69 Å². The molecular weight excluding hydrogens is 276 g/mol. The zero-order chi connectivity index (χ0) is 15.6. The summed E-state index contributed by atoms with van der Waals surface area (Å²) in [5.41, 5.74) is 0.368. The van der Waals surface area contributed by atoms with Crippen molar-refractivity contribution < 1.29 is 14.8 Å². The molecule has 1 unspecified atom stereocenters. The van der Waals surface area contributed by atoms with Crippen LogP contribution in [0.2, 0.25) is 0 Å². The third-order valence-electron chi connectivity index (χ3n) is 3.03. The van der Waals surface area contributed by atoms with Gasteiger partial charge in [-0.1, -0.05) is 12.1 Å². The van der Waals surface area contributed by atoms with E-state index in [-0.39, 0.29) is 22.8 Å². The van der Waals surface area contributed by atoms with E-state index in [1.807, 2.05) is 0 Å². The summed E-state index contributed by atoms with van der Waals surface area (Å²) in [6.45, 7) is 3.06. The normalized spacial score (nSPS) is 11.9. The van der Waals surface area contributed by atoms with Gasteiger partial charge in [-0.05, 0) is 26.0 Å². The molecule has 0 radical (unpaired) electrons. The number of rotatable bonds is 4. The third kappa shape index (κ3) is 2.99. The maximum Gasteiger partial charge on any atom is 0.309 e. The summed E-state index contributed by atoms with van der Waals surface area (Å²) in [6, 6.07) is 5.55. The summed E-state index contributed by atoms with van der Waals surface area (Å²) in [5, 5.41) is 26.9. The Kier molecular flexibility index (Phi) is 3.88. The van der Waals surface area contributed by atoms with Crippen molar-refractivity contribution in [3.63, 3.8) is 0 Å². The molecule has 0 aliphatic heterocycles. The van der Waals surface area contributed by atoms with Gasteiger partial charge in [0.25, 0.3) is 0 Å². The molecule has 1 aromatic heterocycles. The number of nitrogens with zero attached hydrogens (tertiary/aromatic N) is 3. The molecule has 2 N–H and O–H groups in total. The minimum absolute atomic E-state index is 0.0549. The predicted octanol–water partition coefficient (Wildman–Crippen LogP) is 2.01. The summed E-state index contributed by atoms with van der Waals surface area (Å²) in [5.74, 6) is -0.491. The average molecular weight is 290 g/mol. The fraction of sp³-hybridized carbons (Fsp3) is 0.231. The van der Waals surface area contributed by atoms with Gasteiger partial charge in [-0.25, -0.2) is 0 Å². The predicted molar refractivity (Wildman–Crippen MR) is 75.1 cm³/mol. The van der Waals surface area contributed by atoms with E-state index in [1.54, 1.807) is 25.1 Å². The lowest BCUT2D eigenvalue weighted by molar-refractivity contribution is -0.385. The van der Waals surface area contributed by atoms with Crippen LogP contribution >= 0.6 is 0 Å². The number of anilines is 1. The van der Waals surface area contributed by atoms with E-state index in [1.165, 1.54) is 23.9 Å². The molecule has 2 rings (SSSR count). The molecule has 0 aliphatic carbocycles. The van der Waals surface area contributed by atoms with Gasteiger partial charge in [0.05, 0.1) is 10.6 Å². The van der Waals surface area contributed by atoms with Gasteiger partial charge in [-0.3, -0.25) is 19.6 Å². The Labute approximate surface area is 120 Å². The van der Waals surface area contributed by atoms with E-state index < -0.39 is 16.9 Å². The molecule has 1 atom stereocenters. The van der Waals surface area contributed by atoms with Crippen LogP contribution in [0, 0.1) is 17.0 Å². The number of nitrogens with one attached hydrogen (secondary N) is 1. The number of phenolic OH excluding ortho intramolecular Hbond substituents is 1. The highest BCUT2D eigenvalue weighted by Crippen LogP contribution is 2.23. The van der Waals surface area contributed by atoms with Crippen LogP contribution in [0.4, 0.5) is 11.4 Å². The molecule has 21 heavy (non-hydrogen) atoms. The van der Waals surface area contributed by atoms with E-state index in [9.17, 15) is 20.0 Å². The number of carbonyl (C=O) groups is 1. The Morgan fingerprint density at radius 2 is 2.14 bits per heavy atom. The number of aromatic nitrogens is 2. The highest BCUT2D eigenvalue weighted by molar-refractivity contribution is 5.94. The number of amides is 1. The topological polar surface area (TPSA) is 110 Å². The van der Waals surface area contributed by atoms with Crippen LogP contribution < -0.4 is 5.32 Å². The van der Waals surface area contributed by atoms with Crippen LogP contribution in [0.25, 0.3) is 0 Å². The second kappa shape index (κ2) is 5.61. The number of hydrogen-bond acceptors (Lipinski definition) is 5. The number of hydrogen-bond donors (Lipinski definition) is 2. The van der Waals surface area contributed by atoms with Gasteiger partial charge in [0.1, 0.15) is 23.7 Å². The van der Waals surface area contributed by atoms with Gasteiger partial charge in [-0.2, -0.15) is 5.10 Å². The van der Waals surface area contributed by atoms with Crippen molar-refractivity contribution in [1.82, 2.24) is 9.78 Å². The molecule has 1 heterocycles. The zero-order valence-electron chi connectivity index (χ0n) is 11.5. The lowest BCUT2D eigenvalue weighted by Crippen LogP contribution is -2.24. The standard InChI is InChI=1S/C13H14N4O4/c1-8-11(17(20)21)7-16(15-8)9(2)13(19)14-10-5-3-4-6-12(10)18/h3-7,9,18H,1-2H3,(H,14,19). The Hall–Kier alpha value is -2.90. The third-order valence-corrected chi connectivity index (χ3v) is 3.03. The van der Waals surface area contributed by atoms with Crippen molar-refractivity contribution in [2.75, 3.05) is 5.32 Å². The number of phenols is 1. The minimum Gasteiger partial charge on any atom is -0.506 e. The monoisotopic (exact) mass is 290 g/mol. The molecule has 1 aromatic carbocycles. The van der Waals surface area contributed by atoms with Crippen LogP contribution in [0.1, 0.15) is 18.7 Å². The second-order valence-electron chi connectivity index (χ2n) is 4.52. The average Bonchev–Trinajstić information content (AvgIpc) is 2.82. The van der Waals surface area contributed by atoms with Crippen LogP contribution in [0.15, 0.2) is 30.5 Å². The second-order valence-corrected chi connectivity index (χ2v) is 4.52. The molecule has 0 fully saturated rings. The van der Waals surface area contributed by atoms with Gasteiger partial charge in [0.2, 0.25) is 5.91 Å². The largest absolute Gasteiger partial charge is 0.506 e. The molecule has 8 heteroatoms. The smallest absolute Gasteiger partial charge is 0.309 e. The first-order valence-electron chi connectivity index (χ1n) is 6.19. The summed E-state index contributed by atoms with van der Waals surface area (Å²) < 4.78 is 1.22. The van der Waals surface area contributed by atoms with Crippen molar-refractivity contribution in [2.24, 2.45) is 0 Å². The van der Waals surface area contributed by atoms with Gasteiger partial charge < -0.3 is 10.4 Å². The minimum atomic E-state index is -0.753. The first-order valence-corrected chi connectivity index (χ1v) is 6.19. The number of carbonyl (C=O) groups excluding carboxylic acids is 1. The maximum absolute atomic E-state index is 12.1. The van der Waals surface area contributed by atoms with E-state index in [0.29, 0.717) is 0 Å². The first-order chi connectivity index (χ1) is 9.90. The molecule has 0 saturated heterocycles. The molecule has 110 valence electrons. The molecule has 0 saturated carbocycles. The Morgan fingerprint density at radius 1 is 1.48 bits per heavy atom. The highest BCUT2D eigenvalue weighted by atomic mass is 16.6. The van der Waals surface area contributed by atoms with Crippen molar-refractivity contribution in [3.05, 3.63) is 46.3 Å². The van der Waals surface area contributed by atoms with Crippen molar-refractivity contribution in [3.8, 4) is 5.75 Å². The van der Waals surface area contributed by atoms with Crippen molar-refractivity contribution in [2.45, 2.75) is 19.9 Å². The van der Waals surface area contributed by atoms with Crippen molar-refractivity contribution in [1.29, 1.82) is 0 Å². The van der Waals surface area contributed by atoms with E-state index in [0.717, 1.165) is 0 Å². The number of benzene rings is 1. The van der Waals surface area contributed by atoms with E-state index in [2.05, 4.69) is 10.4 Å². The summed E-state index contributed by atoms with van der Waals surface area (Å²) >= 11 is 0. The van der Waals surface area contributed by atoms with Gasteiger partial charge in [-0.15, -0.1) is 0 Å². The first kappa shape index (κ1) is 14.5. The summed E-state index contributed by atoms with van der Waals surface area (Å²) in [6.07, 6.45) is 1.21. The molecule has 2 aromatic rings. The van der Waals surface area contributed by atoms with E-state index in [4.69, 9.17) is 0 Å². The van der Waals surface area contributed by atoms with Crippen LogP contribution in [0.5, 0.6) is 5.75 Å². The number of nitro groups is 1. The maximum atomic E-state index is 12.1. The number of aryl methyl sites for hydroxylation is 1. The molecule has 8 nitrogen and oxygen atoms in total. The fourth-order valence-electron chi connectivity index (χ4n) is 1.79. The molecule has 0 aliphatic rings. The van der Waals surface area contributed by atoms with Crippen LogP contribution in [-0.4, -0.2) is 25.7 Å². The lowest BCUT2D eigenvalue weighted by atomic mass is 10.2. The zero-order valence-corrected chi connectivity index (χ0v) is 11.5. The Morgan fingerprint density at radius 3 is 2.71 bits per heavy atom. The molecule has 1 amide bonds. The highest BCUT2D eigenvalue weighted by Gasteiger charge is 2.22. The summed E-state index contributed by atoms with van der Waals surface area (Å²) in [4.78, 5) is 22.3. The number of aromatic hydroxyl groups is 1. The van der Waals surface area contributed by atoms with Gasteiger partial charge in [0.15, 0.2) is 0 Å². The molecule has 0 bridgehead atoms. The SMILES string of the molecule is Cc1nn(C(C)C(=O)Nc2ccccc2O)cc1[N+](=O)[O-]. The number of para-hydroxylation sites is 2. The fourth-order valence-corrected chi connectivity index (χ4v) is 1.79. The van der Waals surface area contributed by atoms with Crippen LogP contribution in [-0.2, 0) is 4.79 Å². The van der Waals surface area contributed by atoms with Crippen molar-refractivity contribution >= 4 is 17.3 Å². The molecular formula is C13H14N4O4. The van der Waals surface area contributed by atoms with Crippen LogP contribution in [0.3, 0.4) is 0 Å². The summed E-state index contributed by atoms with van der Waals surface area (Å²) in [7, 11) is 0.